The Kier molecular flexibility index (Phi) is 8.47. The van der Waals surface area contributed by atoms with Gasteiger partial charge >= 0.3 is 53.6 Å². The minimum absolute atomic E-state index is 0.176. The molecule has 0 aromatic heterocycles. The summed E-state index contributed by atoms with van der Waals surface area (Å²) in [6.07, 6.45) is -7.73. The van der Waals surface area contributed by atoms with Gasteiger partial charge in [-0.3, -0.25) is 0 Å². The second-order valence-electron chi connectivity index (χ2n) is 5.92. The third-order valence-corrected chi connectivity index (χ3v) is 3.24. The third-order valence-electron chi connectivity index (χ3n) is 3.24. The topological polar surface area (TPSA) is 37.3 Å². The van der Waals surface area contributed by atoms with Crippen molar-refractivity contribution in [1.82, 2.24) is 0 Å². The second-order valence-corrected chi connectivity index (χ2v) is 5.92. The lowest BCUT2D eigenvalue weighted by atomic mass is 9.89. The van der Waals surface area contributed by atoms with Gasteiger partial charge in [-0.2, -0.15) is 74.6 Å². The van der Waals surface area contributed by atoms with Crippen LogP contribution >= 0.6 is 0 Å². The van der Waals surface area contributed by atoms with Crippen LogP contribution in [0.3, 0.4) is 0 Å². The van der Waals surface area contributed by atoms with E-state index in [0.717, 1.165) is 0 Å². The molecule has 0 amide bonds. The van der Waals surface area contributed by atoms with E-state index >= 15 is 0 Å². The van der Waals surface area contributed by atoms with Gasteiger partial charge in [0.2, 0.25) is 0 Å². The lowest BCUT2D eigenvalue weighted by Crippen LogP contribution is -2.74. The van der Waals surface area contributed by atoms with Crippen molar-refractivity contribution in [2.24, 2.45) is 0 Å². The van der Waals surface area contributed by atoms with Crippen molar-refractivity contribution in [2.45, 2.75) is 61.5 Å². The van der Waals surface area contributed by atoms with E-state index in [9.17, 15) is 79.4 Å². The van der Waals surface area contributed by atoms with Crippen LogP contribution in [0, 0.1) is 0 Å². The molecule has 0 heterocycles. The number of aliphatic carboxylic acids is 1. The average molecular weight is 520 g/mol. The van der Waals surface area contributed by atoms with Crippen LogP contribution in [0.15, 0.2) is 12.2 Å². The molecule has 0 aromatic rings. The van der Waals surface area contributed by atoms with Gasteiger partial charge in [0.25, 0.3) is 0 Å². The normalized spacial score (nSPS) is 15.1. The maximum atomic E-state index is 12.9. The Morgan fingerprint density at radius 3 is 0.906 bits per heavy atom. The summed E-state index contributed by atoms with van der Waals surface area (Å²) in [5, 5.41) is 7.89. The molecule has 0 aromatic carbocycles. The summed E-state index contributed by atoms with van der Waals surface area (Å²) in [6.45, 7) is 3.35. The zero-order chi connectivity index (χ0) is 27.2. The van der Waals surface area contributed by atoms with Crippen LogP contribution in [0.2, 0.25) is 0 Å². The Morgan fingerprint density at radius 1 is 0.562 bits per heavy atom. The summed E-state index contributed by atoms with van der Waals surface area (Å²) in [6, 6.07) is 0. The highest BCUT2D eigenvalue weighted by Gasteiger charge is 2.94. The number of carbonyl (C=O) groups is 1. The van der Waals surface area contributed by atoms with Gasteiger partial charge in [-0.05, 0) is 6.92 Å². The van der Waals surface area contributed by atoms with Crippen LogP contribution in [0.4, 0.5) is 74.6 Å². The lowest BCUT2D eigenvalue weighted by molar-refractivity contribution is -0.460. The molecule has 0 saturated heterocycles. The fourth-order valence-corrected chi connectivity index (χ4v) is 1.24. The number of halogens is 17. The minimum Gasteiger partial charge on any atom is -0.478 e. The van der Waals surface area contributed by atoms with Gasteiger partial charge in [0, 0.05) is 12.5 Å². The van der Waals surface area contributed by atoms with Gasteiger partial charge in [0.1, 0.15) is 0 Å². The van der Waals surface area contributed by atoms with E-state index in [1.165, 1.54) is 6.92 Å². The fraction of sp³-hybridized carbons (Fsp3) is 0.769. The van der Waals surface area contributed by atoms with E-state index in [-0.39, 0.29) is 5.57 Å². The molecule has 0 bridgehead atoms. The molecule has 0 rings (SSSR count). The zero-order valence-electron chi connectivity index (χ0n) is 15.0. The number of rotatable bonds is 7. The van der Waals surface area contributed by atoms with Gasteiger partial charge in [0.15, 0.2) is 0 Å². The van der Waals surface area contributed by atoms with Crippen LogP contribution in [0.1, 0.15) is 13.8 Å². The largest absolute Gasteiger partial charge is 0.478 e. The molecule has 0 unspecified atom stereocenters. The number of hydrogen-bond acceptors (Lipinski definition) is 1. The molecule has 0 aliphatic carbocycles. The number of carboxylic acid groups (broad SMARTS) is 1. The van der Waals surface area contributed by atoms with Crippen molar-refractivity contribution >= 4 is 5.97 Å². The van der Waals surface area contributed by atoms with Crippen molar-refractivity contribution in [3.63, 3.8) is 0 Å². The van der Waals surface area contributed by atoms with Crippen LogP contribution in [-0.4, -0.2) is 58.7 Å². The van der Waals surface area contributed by atoms with E-state index in [2.05, 4.69) is 6.58 Å². The van der Waals surface area contributed by atoms with Crippen molar-refractivity contribution in [2.75, 3.05) is 0 Å². The summed E-state index contributed by atoms with van der Waals surface area (Å²) in [7, 11) is 0. The fourth-order valence-electron chi connectivity index (χ4n) is 1.24. The molecule has 0 fully saturated rings. The summed E-state index contributed by atoms with van der Waals surface area (Å²) in [5.41, 5.74) is 0.176. The average Bonchev–Trinajstić information content (AvgIpc) is 2.52. The second kappa shape index (κ2) is 8.42. The Labute approximate surface area is 165 Å². The van der Waals surface area contributed by atoms with E-state index in [1.54, 1.807) is 0 Å². The SMILES string of the molecule is C=C(C)C(=O)O.CC(F)(F)C(F)(F)C(F)(F)C(F)(F)C(F)(F)C(F)(F)C(F)(F)C(F)(F)F. The van der Waals surface area contributed by atoms with Crippen LogP contribution in [0.25, 0.3) is 0 Å². The number of carboxylic acids is 1. The van der Waals surface area contributed by atoms with E-state index in [0.29, 0.717) is 0 Å². The van der Waals surface area contributed by atoms with Gasteiger partial charge in [-0.25, -0.2) is 4.79 Å². The number of hydrogen-bond donors (Lipinski definition) is 1. The standard InChI is InChI=1S/C9H3F17.C4H6O2/c1-2(10,11)3(12,13)4(14,15)5(16,17)6(18,19)7(20,21)8(22,23)9(24,25)26;1-3(2)4(5)6/h1H3;1H2,2H3,(H,5,6). The van der Waals surface area contributed by atoms with Gasteiger partial charge in [0.05, 0.1) is 0 Å². The highest BCUT2D eigenvalue weighted by molar-refractivity contribution is 5.84. The Bertz CT molecular complexity index is 638. The first-order valence-corrected chi connectivity index (χ1v) is 6.99. The van der Waals surface area contributed by atoms with Gasteiger partial charge < -0.3 is 5.11 Å². The lowest BCUT2D eigenvalue weighted by Gasteiger charge is -2.42. The van der Waals surface area contributed by atoms with Crippen molar-refractivity contribution in [1.29, 1.82) is 0 Å². The maximum Gasteiger partial charge on any atom is 0.460 e. The molecule has 192 valence electrons. The van der Waals surface area contributed by atoms with Crippen LogP contribution < -0.4 is 0 Å². The van der Waals surface area contributed by atoms with Gasteiger partial charge in [-0.1, -0.05) is 6.58 Å². The highest BCUT2D eigenvalue weighted by Crippen LogP contribution is 2.63. The highest BCUT2D eigenvalue weighted by atomic mass is 19.4. The minimum atomic E-state index is -8.56. The maximum absolute atomic E-state index is 12.9. The molecule has 0 saturated carbocycles. The summed E-state index contributed by atoms with van der Waals surface area (Å²) in [4.78, 5) is 9.60. The predicted molar refractivity (Wildman–Crippen MR) is 68.8 cm³/mol. The molecule has 0 atom stereocenters. The summed E-state index contributed by atoms with van der Waals surface area (Å²) < 4.78 is 213. The van der Waals surface area contributed by atoms with E-state index in [4.69, 9.17) is 5.11 Å². The van der Waals surface area contributed by atoms with Crippen molar-refractivity contribution < 1.29 is 84.5 Å². The first kappa shape index (κ1) is 32.2. The Balaban J connectivity index is 0. The first-order chi connectivity index (χ1) is 13.4. The summed E-state index contributed by atoms with van der Waals surface area (Å²) in [5.74, 6) is -56.6. The van der Waals surface area contributed by atoms with Gasteiger partial charge in [-0.15, -0.1) is 0 Å². The number of alkyl halides is 17. The van der Waals surface area contributed by atoms with Crippen molar-refractivity contribution in [3.05, 3.63) is 12.2 Å². The zero-order valence-corrected chi connectivity index (χ0v) is 15.0. The molecule has 2 nitrogen and oxygen atoms in total. The van der Waals surface area contributed by atoms with E-state index < -0.39 is 60.5 Å². The molecule has 0 radical (unpaired) electrons. The van der Waals surface area contributed by atoms with E-state index in [1.807, 2.05) is 0 Å². The van der Waals surface area contributed by atoms with Crippen LogP contribution in [0.5, 0.6) is 0 Å². The smallest absolute Gasteiger partial charge is 0.460 e. The molecule has 0 spiro atoms. The Hall–Kier alpha value is -1.98. The van der Waals surface area contributed by atoms with Crippen molar-refractivity contribution in [3.8, 4) is 0 Å². The molecule has 1 N–H and O–H groups in total. The first-order valence-electron chi connectivity index (χ1n) is 6.99. The molecular formula is C13H9F17O2. The van der Waals surface area contributed by atoms with Crippen LogP contribution in [-0.2, 0) is 4.79 Å². The third kappa shape index (κ3) is 4.84. The Morgan fingerprint density at radius 2 is 0.750 bits per heavy atom. The molecule has 0 aliphatic heterocycles. The molecular weight excluding hydrogens is 511 g/mol. The quantitative estimate of drug-likeness (QED) is 0.301. The summed E-state index contributed by atoms with van der Waals surface area (Å²) >= 11 is 0. The molecule has 0 aliphatic rings. The molecule has 32 heavy (non-hydrogen) atoms. The predicted octanol–water partition coefficient (Wildman–Crippen LogP) is 6.66. The molecule has 19 heteroatoms. The monoisotopic (exact) mass is 520 g/mol.